The summed E-state index contributed by atoms with van der Waals surface area (Å²) in [6, 6.07) is 7.92. The molecule has 0 bridgehead atoms. The van der Waals surface area contributed by atoms with E-state index in [0.717, 1.165) is 19.1 Å². The van der Waals surface area contributed by atoms with Gasteiger partial charge in [0.15, 0.2) is 0 Å². The molecule has 126 valence electrons. The molecule has 0 spiro atoms. The van der Waals surface area contributed by atoms with Crippen LogP contribution in [0, 0.1) is 0 Å². The van der Waals surface area contributed by atoms with Crippen molar-refractivity contribution in [3.05, 3.63) is 29.3 Å². The van der Waals surface area contributed by atoms with Gasteiger partial charge in [-0.3, -0.25) is 4.90 Å². The molecule has 0 aromatic heterocycles. The average Bonchev–Trinajstić information content (AvgIpc) is 2.95. The Labute approximate surface area is 153 Å². The van der Waals surface area contributed by atoms with Gasteiger partial charge in [-0.2, -0.15) is 0 Å². The van der Waals surface area contributed by atoms with E-state index in [2.05, 4.69) is 65.9 Å². The van der Waals surface area contributed by atoms with Crippen LogP contribution in [-0.4, -0.2) is 65.3 Å². The summed E-state index contributed by atoms with van der Waals surface area (Å²) in [5.74, 6) is 0. The minimum atomic E-state index is 0.805. The second-order valence-electron chi connectivity index (χ2n) is 7.29. The van der Waals surface area contributed by atoms with Gasteiger partial charge in [0.05, 0.1) is 0 Å². The summed E-state index contributed by atoms with van der Waals surface area (Å²) in [5, 5.41) is 0. The molecule has 3 aliphatic rings. The number of hydrogen-bond acceptors (Lipinski definition) is 4. The predicted octanol–water partition coefficient (Wildman–Crippen LogP) is 2.57. The van der Waals surface area contributed by atoms with E-state index in [1.54, 1.807) is 0 Å². The van der Waals surface area contributed by atoms with Gasteiger partial charge >= 0.3 is 0 Å². The number of anilines is 1. The summed E-state index contributed by atoms with van der Waals surface area (Å²) >= 11 is 2.43. The Bertz CT molecular complexity index is 548. The molecule has 3 aliphatic heterocycles. The van der Waals surface area contributed by atoms with Gasteiger partial charge in [-0.15, -0.1) is 0 Å². The van der Waals surface area contributed by atoms with Gasteiger partial charge in [0.1, 0.15) is 0 Å². The first-order chi connectivity index (χ1) is 11.2. The van der Waals surface area contributed by atoms with Gasteiger partial charge in [-0.25, -0.2) is 3.11 Å². The highest BCUT2D eigenvalue weighted by Gasteiger charge is 2.27. The number of rotatable bonds is 2. The molecule has 0 aliphatic carbocycles. The number of hydrogen-bond donors (Lipinski definition) is 0. The average molecular weight is 426 g/mol. The van der Waals surface area contributed by atoms with Crippen LogP contribution in [0.2, 0.25) is 0 Å². The van der Waals surface area contributed by atoms with Gasteiger partial charge < -0.3 is 9.80 Å². The number of likely N-dealkylation sites (N-methyl/N-ethyl adjacent to an activating group) is 1. The summed E-state index contributed by atoms with van der Waals surface area (Å²) in [6.07, 6.45) is 2.64. The quantitative estimate of drug-likeness (QED) is 0.533. The SMILES string of the molecule is CN1CCN(C2CCN(c3ccc4c(c3)CN(I)C4)CC2)CC1. The first kappa shape index (κ1) is 16.1. The Hall–Kier alpha value is -0.370. The fourth-order valence-corrected chi connectivity index (χ4v) is 4.95. The molecule has 3 heterocycles. The van der Waals surface area contributed by atoms with Crippen molar-refractivity contribution < 1.29 is 0 Å². The van der Waals surface area contributed by atoms with E-state index in [0.29, 0.717) is 0 Å². The van der Waals surface area contributed by atoms with Crippen LogP contribution in [0.3, 0.4) is 0 Å². The molecule has 4 nitrogen and oxygen atoms in total. The van der Waals surface area contributed by atoms with Crippen molar-refractivity contribution in [1.82, 2.24) is 12.9 Å². The van der Waals surface area contributed by atoms with Crippen LogP contribution in [0.1, 0.15) is 24.0 Å². The van der Waals surface area contributed by atoms with E-state index in [-0.39, 0.29) is 0 Å². The fourth-order valence-electron chi connectivity index (χ4n) is 4.21. The van der Waals surface area contributed by atoms with Crippen LogP contribution in [0.5, 0.6) is 0 Å². The van der Waals surface area contributed by atoms with E-state index in [1.165, 1.54) is 68.9 Å². The highest BCUT2D eigenvalue weighted by Crippen LogP contribution is 2.31. The lowest BCUT2D eigenvalue weighted by Crippen LogP contribution is -2.52. The molecule has 23 heavy (non-hydrogen) atoms. The largest absolute Gasteiger partial charge is 0.371 e. The standard InChI is InChI=1S/C18H27IN4/c1-20-8-10-22(11-9-20)17-4-6-21(7-5-17)18-3-2-15-13-23(19)14-16(15)12-18/h2-3,12,17H,4-11,13-14H2,1H3. The third-order valence-electron chi connectivity index (χ3n) is 5.76. The van der Waals surface area contributed by atoms with Crippen LogP contribution in [0.15, 0.2) is 18.2 Å². The number of piperidine rings is 1. The first-order valence-electron chi connectivity index (χ1n) is 8.89. The summed E-state index contributed by atoms with van der Waals surface area (Å²) in [6.45, 7) is 9.60. The molecule has 0 saturated carbocycles. The van der Waals surface area contributed by atoms with Crippen molar-refractivity contribution in [2.24, 2.45) is 0 Å². The first-order valence-corrected chi connectivity index (χ1v) is 9.85. The zero-order valence-electron chi connectivity index (χ0n) is 14.0. The molecule has 1 aromatic carbocycles. The molecule has 2 saturated heterocycles. The van der Waals surface area contributed by atoms with Gasteiger partial charge in [0, 0.05) is 87.0 Å². The number of fused-ring (bicyclic) bond motifs is 1. The predicted molar refractivity (Wildman–Crippen MR) is 104 cm³/mol. The van der Waals surface area contributed by atoms with Crippen LogP contribution in [0.25, 0.3) is 0 Å². The molecule has 0 atom stereocenters. The van der Waals surface area contributed by atoms with Gasteiger partial charge in [0.25, 0.3) is 0 Å². The second-order valence-corrected chi connectivity index (χ2v) is 8.65. The second kappa shape index (κ2) is 6.86. The Balaban J connectivity index is 1.36. The molecule has 2 fully saturated rings. The molecular weight excluding hydrogens is 399 g/mol. The summed E-state index contributed by atoms with van der Waals surface area (Å²) in [5.41, 5.74) is 4.47. The maximum absolute atomic E-state index is 2.73. The van der Waals surface area contributed by atoms with E-state index < -0.39 is 0 Å². The van der Waals surface area contributed by atoms with Crippen LogP contribution >= 0.6 is 22.9 Å². The van der Waals surface area contributed by atoms with E-state index in [1.807, 2.05) is 0 Å². The molecule has 4 rings (SSSR count). The number of nitrogens with zero attached hydrogens (tertiary/aromatic N) is 4. The fraction of sp³-hybridized carbons (Fsp3) is 0.667. The lowest BCUT2D eigenvalue weighted by molar-refractivity contribution is 0.0982. The number of benzene rings is 1. The van der Waals surface area contributed by atoms with Crippen molar-refractivity contribution in [1.29, 1.82) is 0 Å². The van der Waals surface area contributed by atoms with E-state index in [4.69, 9.17) is 0 Å². The smallest absolute Gasteiger partial charge is 0.0369 e. The van der Waals surface area contributed by atoms with Crippen LogP contribution in [-0.2, 0) is 13.1 Å². The van der Waals surface area contributed by atoms with Crippen molar-refractivity contribution in [3.63, 3.8) is 0 Å². The highest BCUT2D eigenvalue weighted by atomic mass is 127. The maximum atomic E-state index is 2.73. The lowest BCUT2D eigenvalue weighted by Gasteiger charge is -2.42. The van der Waals surface area contributed by atoms with Crippen molar-refractivity contribution >= 4 is 28.6 Å². The van der Waals surface area contributed by atoms with Crippen molar-refractivity contribution in [2.75, 3.05) is 51.2 Å². The topological polar surface area (TPSA) is 13.0 Å². The van der Waals surface area contributed by atoms with Crippen molar-refractivity contribution in [2.45, 2.75) is 32.0 Å². The van der Waals surface area contributed by atoms with Crippen LogP contribution < -0.4 is 4.90 Å². The number of halogens is 1. The zero-order chi connectivity index (χ0) is 15.8. The molecule has 0 radical (unpaired) electrons. The molecule has 0 amide bonds. The van der Waals surface area contributed by atoms with Crippen LogP contribution in [0.4, 0.5) is 5.69 Å². The van der Waals surface area contributed by atoms with Gasteiger partial charge in [-0.05, 0) is 43.1 Å². The zero-order valence-corrected chi connectivity index (χ0v) is 16.2. The Morgan fingerprint density at radius 1 is 0.913 bits per heavy atom. The molecule has 1 aromatic rings. The normalized spacial score (nSPS) is 25.0. The summed E-state index contributed by atoms with van der Waals surface area (Å²) in [4.78, 5) is 7.78. The maximum Gasteiger partial charge on any atom is 0.0369 e. The molecule has 0 N–H and O–H groups in total. The van der Waals surface area contributed by atoms with E-state index >= 15 is 0 Å². The molecule has 0 unspecified atom stereocenters. The monoisotopic (exact) mass is 426 g/mol. The highest BCUT2D eigenvalue weighted by molar-refractivity contribution is 14.1. The molecule has 5 heteroatoms. The Morgan fingerprint density at radius 2 is 1.61 bits per heavy atom. The van der Waals surface area contributed by atoms with E-state index in [9.17, 15) is 0 Å². The van der Waals surface area contributed by atoms with Gasteiger partial charge in [-0.1, -0.05) is 6.07 Å². The third-order valence-corrected chi connectivity index (χ3v) is 6.44. The third kappa shape index (κ3) is 3.52. The molecular formula is C18H27IN4. The minimum Gasteiger partial charge on any atom is -0.371 e. The number of piperazine rings is 1. The van der Waals surface area contributed by atoms with Crippen molar-refractivity contribution in [3.8, 4) is 0 Å². The lowest BCUT2D eigenvalue weighted by atomic mass is 10.0. The minimum absolute atomic E-state index is 0.805. The summed E-state index contributed by atoms with van der Waals surface area (Å²) < 4.78 is 2.37. The van der Waals surface area contributed by atoms with Gasteiger partial charge in [0.2, 0.25) is 0 Å². The Morgan fingerprint density at radius 3 is 2.35 bits per heavy atom. The Kier molecular flexibility index (Phi) is 4.81. The summed E-state index contributed by atoms with van der Waals surface area (Å²) in [7, 11) is 2.24.